The number of hydrogen-bond donors (Lipinski definition) is 2. The van der Waals surface area contributed by atoms with E-state index < -0.39 is 11.9 Å². The molecule has 6 rings (SSSR count). The van der Waals surface area contributed by atoms with Crippen molar-refractivity contribution in [1.82, 2.24) is 35.1 Å². The molecule has 1 aromatic carbocycles. The number of carbonyl (C=O) groups is 5. The van der Waals surface area contributed by atoms with Gasteiger partial charge in [-0.15, -0.1) is 0 Å². The highest BCUT2D eigenvalue weighted by atomic mass is 16.6. The molecule has 3 heterocycles. The lowest BCUT2D eigenvalue weighted by Gasteiger charge is -2.34. The molecule has 252 valence electrons. The Hall–Kier alpha value is -4.62. The maximum Gasteiger partial charge on any atom is 0.410 e. The van der Waals surface area contributed by atoms with Gasteiger partial charge in [-0.3, -0.25) is 19.2 Å². The summed E-state index contributed by atoms with van der Waals surface area (Å²) in [4.78, 5) is 69.3. The summed E-state index contributed by atoms with van der Waals surface area (Å²) >= 11 is 0. The average molecular weight is 650 g/mol. The number of aromatic nitrogens is 2. The first-order valence-corrected chi connectivity index (χ1v) is 16.8. The van der Waals surface area contributed by atoms with Crippen LogP contribution in [0.3, 0.4) is 0 Å². The van der Waals surface area contributed by atoms with E-state index in [0.29, 0.717) is 44.8 Å². The molecule has 0 spiro atoms. The van der Waals surface area contributed by atoms with E-state index in [-0.39, 0.29) is 60.7 Å². The van der Waals surface area contributed by atoms with Gasteiger partial charge in [-0.25, -0.2) is 9.48 Å². The largest absolute Gasteiger partial charge is 0.467 e. The summed E-state index contributed by atoms with van der Waals surface area (Å²) in [6, 6.07) is 10.2. The highest BCUT2D eigenvalue weighted by Crippen LogP contribution is 2.24. The van der Waals surface area contributed by atoms with Gasteiger partial charge in [0.1, 0.15) is 12.1 Å². The minimum absolute atomic E-state index is 0.0129. The Labute approximate surface area is 273 Å². The third-order valence-electron chi connectivity index (χ3n) is 9.44. The lowest BCUT2D eigenvalue weighted by molar-refractivity contribution is -0.140. The fourth-order valence-electron chi connectivity index (χ4n) is 6.46. The highest BCUT2D eigenvalue weighted by Gasteiger charge is 2.36. The smallest absolute Gasteiger partial charge is 0.410 e. The van der Waals surface area contributed by atoms with E-state index in [1.165, 1.54) is 10.7 Å². The predicted octanol–water partition coefficient (Wildman–Crippen LogP) is 1.86. The first kappa shape index (κ1) is 32.3. The minimum atomic E-state index is -0.574. The van der Waals surface area contributed by atoms with E-state index in [1.807, 2.05) is 18.2 Å². The molecule has 4 aliphatic rings. The van der Waals surface area contributed by atoms with Crippen molar-refractivity contribution < 1.29 is 33.4 Å². The van der Waals surface area contributed by atoms with Gasteiger partial charge >= 0.3 is 6.09 Å². The van der Waals surface area contributed by atoms with E-state index in [0.717, 1.165) is 51.4 Å². The molecule has 2 N–H and O–H groups in total. The first-order chi connectivity index (χ1) is 22.9. The summed E-state index contributed by atoms with van der Waals surface area (Å²) < 4.78 is 12.9. The summed E-state index contributed by atoms with van der Waals surface area (Å²) in [5.41, 5.74) is 0.635. The Kier molecular flexibility index (Phi) is 10.2. The Bertz CT molecular complexity index is 1450. The van der Waals surface area contributed by atoms with Gasteiger partial charge in [0.15, 0.2) is 12.3 Å². The zero-order valence-corrected chi connectivity index (χ0v) is 26.6. The zero-order valence-electron chi connectivity index (χ0n) is 26.6. The Morgan fingerprint density at radius 2 is 1.53 bits per heavy atom. The summed E-state index contributed by atoms with van der Waals surface area (Å²) in [7, 11) is 0. The van der Waals surface area contributed by atoms with Crippen LogP contribution in [0.2, 0.25) is 0 Å². The molecule has 4 fully saturated rings. The van der Waals surface area contributed by atoms with E-state index in [1.54, 1.807) is 26.8 Å². The van der Waals surface area contributed by atoms with Gasteiger partial charge in [0.05, 0.1) is 12.2 Å². The molecule has 1 atom stereocenters. The van der Waals surface area contributed by atoms with Crippen molar-refractivity contribution in [1.29, 1.82) is 0 Å². The fourth-order valence-corrected chi connectivity index (χ4v) is 6.46. The lowest BCUT2D eigenvalue weighted by Crippen LogP contribution is -2.53. The van der Waals surface area contributed by atoms with Crippen LogP contribution < -0.4 is 15.4 Å². The molecule has 5 amide bonds. The summed E-state index contributed by atoms with van der Waals surface area (Å²) in [5, 5.41) is 10.1. The van der Waals surface area contributed by atoms with Crippen LogP contribution in [0.25, 0.3) is 5.69 Å². The summed E-state index contributed by atoms with van der Waals surface area (Å²) in [6.45, 7) is 1.35. The number of likely N-dealkylation sites (tertiary alicyclic amines) is 1. The molecule has 0 unspecified atom stereocenters. The van der Waals surface area contributed by atoms with Crippen molar-refractivity contribution in [3.8, 4) is 11.6 Å². The molecular weight excluding hydrogens is 606 g/mol. The van der Waals surface area contributed by atoms with Crippen molar-refractivity contribution in [3.05, 3.63) is 42.1 Å². The number of benzene rings is 1. The Morgan fingerprint density at radius 1 is 0.809 bits per heavy atom. The molecule has 14 nitrogen and oxygen atoms in total. The molecular formula is C33H43N7O7. The number of hydrogen-bond acceptors (Lipinski definition) is 8. The van der Waals surface area contributed by atoms with Crippen LogP contribution in [0.15, 0.2) is 36.4 Å². The minimum Gasteiger partial charge on any atom is -0.467 e. The lowest BCUT2D eigenvalue weighted by atomic mass is 9.93. The third kappa shape index (κ3) is 7.86. The maximum absolute atomic E-state index is 13.2. The van der Waals surface area contributed by atoms with Gasteiger partial charge in [-0.2, -0.15) is 5.10 Å². The van der Waals surface area contributed by atoms with Crippen molar-refractivity contribution in [2.45, 2.75) is 76.0 Å². The SMILES string of the molecule is O=C(NCC(=O)N1CCN(C(=O)OC2CCCC2)CC1)c1cc(OCC(=O)N2CCC[C@H]2C(=O)NC2CCC2)n(-c2ccccc2)n1. The van der Waals surface area contributed by atoms with Crippen LogP contribution in [-0.4, -0.2) is 118 Å². The molecule has 2 saturated carbocycles. The van der Waals surface area contributed by atoms with E-state index in [2.05, 4.69) is 15.7 Å². The van der Waals surface area contributed by atoms with Crippen molar-refractivity contribution in [2.24, 2.45) is 0 Å². The molecule has 47 heavy (non-hydrogen) atoms. The number of amides is 5. The van der Waals surface area contributed by atoms with Crippen LogP contribution in [0.1, 0.15) is 68.3 Å². The molecule has 2 saturated heterocycles. The Morgan fingerprint density at radius 3 is 2.23 bits per heavy atom. The monoisotopic (exact) mass is 649 g/mol. The van der Waals surface area contributed by atoms with Gasteiger partial charge in [0.2, 0.25) is 17.7 Å². The van der Waals surface area contributed by atoms with Crippen LogP contribution in [-0.2, 0) is 19.1 Å². The molecule has 2 aromatic rings. The average Bonchev–Trinajstić information content (AvgIpc) is 3.86. The van der Waals surface area contributed by atoms with Crippen LogP contribution in [0.5, 0.6) is 5.88 Å². The van der Waals surface area contributed by atoms with Gasteiger partial charge in [-0.1, -0.05) is 18.2 Å². The number of nitrogens with one attached hydrogen (secondary N) is 2. The number of rotatable bonds is 10. The molecule has 14 heteroatoms. The zero-order chi connectivity index (χ0) is 32.8. The normalized spacial score (nSPS) is 20.1. The number of carbonyl (C=O) groups excluding carboxylic acids is 5. The summed E-state index contributed by atoms with van der Waals surface area (Å²) in [5.74, 6) is -1.10. The van der Waals surface area contributed by atoms with Crippen molar-refractivity contribution in [2.75, 3.05) is 45.9 Å². The van der Waals surface area contributed by atoms with Crippen molar-refractivity contribution >= 4 is 29.7 Å². The molecule has 1 aromatic heterocycles. The molecule has 2 aliphatic heterocycles. The second-order valence-corrected chi connectivity index (χ2v) is 12.6. The predicted molar refractivity (Wildman–Crippen MR) is 169 cm³/mol. The number of piperazine rings is 1. The Balaban J connectivity index is 1.02. The van der Waals surface area contributed by atoms with Crippen LogP contribution >= 0.6 is 0 Å². The second kappa shape index (κ2) is 14.9. The first-order valence-electron chi connectivity index (χ1n) is 16.8. The van der Waals surface area contributed by atoms with Gasteiger partial charge in [0.25, 0.3) is 11.8 Å². The summed E-state index contributed by atoms with van der Waals surface area (Å²) in [6.07, 6.45) is 8.00. The van der Waals surface area contributed by atoms with E-state index in [9.17, 15) is 24.0 Å². The van der Waals surface area contributed by atoms with Gasteiger partial charge < -0.3 is 34.8 Å². The number of ether oxygens (including phenoxy) is 2. The van der Waals surface area contributed by atoms with Gasteiger partial charge in [0, 0.05) is 44.8 Å². The highest BCUT2D eigenvalue weighted by molar-refractivity contribution is 5.95. The van der Waals surface area contributed by atoms with Gasteiger partial charge in [-0.05, 0) is 69.9 Å². The van der Waals surface area contributed by atoms with E-state index in [4.69, 9.17) is 9.47 Å². The number of nitrogens with zero attached hydrogens (tertiary/aromatic N) is 5. The van der Waals surface area contributed by atoms with Crippen LogP contribution in [0.4, 0.5) is 4.79 Å². The topological polar surface area (TPSA) is 155 Å². The van der Waals surface area contributed by atoms with Crippen LogP contribution in [0, 0.1) is 0 Å². The second-order valence-electron chi connectivity index (χ2n) is 12.6. The molecule has 0 bridgehead atoms. The third-order valence-corrected chi connectivity index (χ3v) is 9.44. The molecule has 2 aliphatic carbocycles. The number of para-hydroxylation sites is 1. The van der Waals surface area contributed by atoms with Crippen molar-refractivity contribution in [3.63, 3.8) is 0 Å². The quantitative estimate of drug-likeness (QED) is 0.395. The standard InChI is InChI=1S/C33H43N7O7/c41-28(37-16-18-38(19-17-37)33(45)47-25-12-4-5-13-25)21-34-31(43)26-20-30(40(36-26)24-10-2-1-3-11-24)46-22-29(42)39-15-7-14-27(39)32(44)35-23-8-6-9-23/h1-3,10-11,20,23,25,27H,4-9,12-19,21-22H2,(H,34,43)(H,35,44)/t27-/m0/s1. The fraction of sp³-hybridized carbons (Fsp3) is 0.576. The van der Waals surface area contributed by atoms with E-state index >= 15 is 0 Å². The maximum atomic E-state index is 13.2. The molecule has 0 radical (unpaired) electrons.